The van der Waals surface area contributed by atoms with Crippen LogP contribution in [-0.2, 0) is 6.42 Å². The summed E-state index contributed by atoms with van der Waals surface area (Å²) in [5, 5.41) is 0. The first-order valence-corrected chi connectivity index (χ1v) is 11.8. The van der Waals surface area contributed by atoms with Gasteiger partial charge in [0.05, 0.1) is 7.11 Å². The fourth-order valence-electron chi connectivity index (χ4n) is 4.75. The van der Waals surface area contributed by atoms with Crippen molar-refractivity contribution in [2.24, 2.45) is 5.92 Å². The summed E-state index contributed by atoms with van der Waals surface area (Å²) in [4.78, 5) is 4.96. The molecule has 5 rings (SSSR count). The van der Waals surface area contributed by atoms with Crippen molar-refractivity contribution in [2.45, 2.75) is 32.1 Å². The highest BCUT2D eigenvalue weighted by Crippen LogP contribution is 2.37. The summed E-state index contributed by atoms with van der Waals surface area (Å²) < 4.78 is 11.8. The van der Waals surface area contributed by atoms with Crippen LogP contribution < -0.4 is 4.74 Å². The lowest BCUT2D eigenvalue weighted by Crippen LogP contribution is -2.13. The van der Waals surface area contributed by atoms with Gasteiger partial charge in [0, 0.05) is 17.2 Å². The third-order valence-electron chi connectivity index (χ3n) is 6.44. The quantitative estimate of drug-likeness (QED) is 0.309. The fourth-order valence-corrected chi connectivity index (χ4v) is 4.75. The molecular weight excluding hydrogens is 406 g/mol. The molecule has 0 amide bonds. The van der Waals surface area contributed by atoms with Gasteiger partial charge in [-0.2, -0.15) is 0 Å². The summed E-state index contributed by atoms with van der Waals surface area (Å²) >= 11 is 0. The molecule has 0 aliphatic heterocycles. The van der Waals surface area contributed by atoms with Crippen LogP contribution in [0.2, 0.25) is 0 Å². The van der Waals surface area contributed by atoms with Crippen molar-refractivity contribution in [1.82, 2.24) is 4.98 Å². The Morgan fingerprint density at radius 1 is 0.909 bits per heavy atom. The van der Waals surface area contributed by atoms with E-state index in [1.165, 1.54) is 30.4 Å². The highest BCUT2D eigenvalue weighted by molar-refractivity contribution is 5.77. The van der Waals surface area contributed by atoms with Gasteiger partial charge in [-0.25, -0.2) is 4.98 Å². The molecular formula is C30H29NO2. The van der Waals surface area contributed by atoms with Crippen LogP contribution in [0.4, 0.5) is 0 Å². The summed E-state index contributed by atoms with van der Waals surface area (Å²) in [5.74, 6) is 2.94. The van der Waals surface area contributed by atoms with Crippen molar-refractivity contribution in [3.63, 3.8) is 0 Å². The Labute approximate surface area is 195 Å². The molecule has 1 saturated carbocycles. The standard InChI is InChI=1S/C30H29NO2/c1-32-27-18-10-11-22(20-27)19-25-16-8-9-17-26(25)21-28-31-29(23-12-4-2-5-13-23)30(33-28)24-14-6-3-7-15-24/h2-7,10-15,18,20-21,25H,8-9,16-17,19H2,1H3. The predicted molar refractivity (Wildman–Crippen MR) is 134 cm³/mol. The number of ether oxygens (including phenoxy) is 1. The minimum atomic E-state index is 0.498. The van der Waals surface area contributed by atoms with Crippen molar-refractivity contribution in [2.75, 3.05) is 7.11 Å². The van der Waals surface area contributed by atoms with Crippen molar-refractivity contribution in [1.29, 1.82) is 0 Å². The van der Waals surface area contributed by atoms with E-state index >= 15 is 0 Å². The maximum Gasteiger partial charge on any atom is 0.220 e. The van der Waals surface area contributed by atoms with E-state index in [1.54, 1.807) is 7.11 Å². The number of oxazole rings is 1. The van der Waals surface area contributed by atoms with Crippen LogP contribution in [0.25, 0.3) is 28.7 Å². The van der Waals surface area contributed by atoms with E-state index in [4.69, 9.17) is 14.1 Å². The van der Waals surface area contributed by atoms with Gasteiger partial charge < -0.3 is 9.15 Å². The fraction of sp³-hybridized carbons (Fsp3) is 0.233. The molecule has 1 atom stereocenters. The molecule has 3 aromatic carbocycles. The van der Waals surface area contributed by atoms with Crippen LogP contribution in [0.3, 0.4) is 0 Å². The van der Waals surface area contributed by atoms with Crippen LogP contribution in [0, 0.1) is 5.92 Å². The number of methoxy groups -OCH3 is 1. The average molecular weight is 436 g/mol. The van der Waals surface area contributed by atoms with Crippen LogP contribution in [-0.4, -0.2) is 12.1 Å². The minimum absolute atomic E-state index is 0.498. The Morgan fingerprint density at radius 3 is 2.42 bits per heavy atom. The Kier molecular flexibility index (Phi) is 6.39. The molecule has 3 heteroatoms. The number of rotatable bonds is 6. The van der Waals surface area contributed by atoms with E-state index in [-0.39, 0.29) is 0 Å². The lowest BCUT2D eigenvalue weighted by molar-refractivity contribution is 0.412. The minimum Gasteiger partial charge on any atom is -0.497 e. The van der Waals surface area contributed by atoms with Gasteiger partial charge in [0.1, 0.15) is 11.4 Å². The van der Waals surface area contributed by atoms with E-state index in [2.05, 4.69) is 48.5 Å². The first kappa shape index (κ1) is 21.3. The van der Waals surface area contributed by atoms with Crippen LogP contribution in [0.15, 0.2) is 94.9 Å². The average Bonchev–Trinajstić information content (AvgIpc) is 3.30. The maximum absolute atomic E-state index is 6.39. The molecule has 1 aliphatic rings. The van der Waals surface area contributed by atoms with Crippen molar-refractivity contribution in [3.05, 3.63) is 102 Å². The van der Waals surface area contributed by atoms with E-state index in [0.717, 1.165) is 41.2 Å². The zero-order valence-electron chi connectivity index (χ0n) is 19.0. The lowest BCUT2D eigenvalue weighted by Gasteiger charge is -2.25. The molecule has 1 unspecified atom stereocenters. The number of hydrogen-bond acceptors (Lipinski definition) is 3. The van der Waals surface area contributed by atoms with Gasteiger partial charge in [-0.15, -0.1) is 0 Å². The second-order valence-electron chi connectivity index (χ2n) is 8.68. The van der Waals surface area contributed by atoms with Crippen LogP contribution in [0.5, 0.6) is 5.75 Å². The Balaban J connectivity index is 1.49. The molecule has 1 aliphatic carbocycles. The van der Waals surface area contributed by atoms with E-state index in [1.807, 2.05) is 42.5 Å². The smallest absolute Gasteiger partial charge is 0.220 e. The predicted octanol–water partition coefficient (Wildman–Crippen LogP) is 7.83. The van der Waals surface area contributed by atoms with E-state index < -0.39 is 0 Å². The largest absolute Gasteiger partial charge is 0.497 e. The first-order chi connectivity index (χ1) is 16.3. The third kappa shape index (κ3) is 4.93. The molecule has 0 bridgehead atoms. The summed E-state index contributed by atoms with van der Waals surface area (Å²) in [7, 11) is 1.72. The monoisotopic (exact) mass is 435 g/mol. The van der Waals surface area contributed by atoms with Gasteiger partial charge in [-0.1, -0.05) is 84.8 Å². The molecule has 0 spiro atoms. The van der Waals surface area contributed by atoms with Gasteiger partial charge in [0.2, 0.25) is 5.89 Å². The first-order valence-electron chi connectivity index (χ1n) is 11.8. The molecule has 1 fully saturated rings. The summed E-state index contributed by atoms with van der Waals surface area (Å²) in [6.45, 7) is 0. The van der Waals surface area contributed by atoms with Crippen molar-refractivity contribution < 1.29 is 9.15 Å². The number of hydrogen-bond donors (Lipinski definition) is 0. The molecule has 1 aromatic heterocycles. The molecule has 1 heterocycles. The van der Waals surface area contributed by atoms with Gasteiger partial charge in [-0.3, -0.25) is 0 Å². The highest BCUT2D eigenvalue weighted by atomic mass is 16.5. The SMILES string of the molecule is COc1cccc(CC2CCCCC2=Cc2nc(-c3ccccc3)c(-c3ccccc3)o2)c1. The molecule has 0 saturated heterocycles. The lowest BCUT2D eigenvalue weighted by atomic mass is 9.80. The topological polar surface area (TPSA) is 35.3 Å². The zero-order chi connectivity index (χ0) is 22.5. The summed E-state index contributed by atoms with van der Waals surface area (Å²) in [6.07, 6.45) is 7.99. The zero-order valence-corrected chi connectivity index (χ0v) is 19.0. The number of nitrogens with zero attached hydrogens (tertiary/aromatic N) is 1. The second-order valence-corrected chi connectivity index (χ2v) is 8.68. The van der Waals surface area contributed by atoms with Gasteiger partial charge in [0.15, 0.2) is 5.76 Å². The van der Waals surface area contributed by atoms with Gasteiger partial charge >= 0.3 is 0 Å². The summed E-state index contributed by atoms with van der Waals surface area (Å²) in [5.41, 5.74) is 5.76. The molecule has 3 nitrogen and oxygen atoms in total. The van der Waals surface area contributed by atoms with Crippen molar-refractivity contribution in [3.8, 4) is 28.3 Å². The highest BCUT2D eigenvalue weighted by Gasteiger charge is 2.22. The Bertz CT molecular complexity index is 1170. The maximum atomic E-state index is 6.39. The molecule has 0 N–H and O–H groups in total. The Hall–Kier alpha value is -3.59. The Morgan fingerprint density at radius 2 is 1.67 bits per heavy atom. The van der Waals surface area contributed by atoms with Crippen LogP contribution >= 0.6 is 0 Å². The number of aromatic nitrogens is 1. The summed E-state index contributed by atoms with van der Waals surface area (Å²) in [6, 6.07) is 29.0. The third-order valence-corrected chi connectivity index (χ3v) is 6.44. The molecule has 166 valence electrons. The molecule has 33 heavy (non-hydrogen) atoms. The number of benzene rings is 3. The van der Waals surface area contributed by atoms with E-state index in [0.29, 0.717) is 11.8 Å². The number of allylic oxidation sites excluding steroid dienone is 1. The van der Waals surface area contributed by atoms with Crippen LogP contribution in [0.1, 0.15) is 37.1 Å². The molecule has 0 radical (unpaired) electrons. The normalized spacial score (nSPS) is 17.2. The van der Waals surface area contributed by atoms with Gasteiger partial charge in [-0.05, 0) is 49.3 Å². The van der Waals surface area contributed by atoms with Crippen molar-refractivity contribution >= 4 is 6.08 Å². The van der Waals surface area contributed by atoms with Gasteiger partial charge in [0.25, 0.3) is 0 Å². The second kappa shape index (κ2) is 9.91. The van der Waals surface area contributed by atoms with E-state index in [9.17, 15) is 0 Å². The molecule has 4 aromatic rings.